The zero-order valence-corrected chi connectivity index (χ0v) is 16.6. The molecule has 2 aliphatic rings. The van der Waals surface area contributed by atoms with Crippen LogP contribution in [0.5, 0.6) is 0 Å². The van der Waals surface area contributed by atoms with Crippen molar-refractivity contribution in [3.05, 3.63) is 53.7 Å². The van der Waals surface area contributed by atoms with Gasteiger partial charge in [0.2, 0.25) is 5.91 Å². The molecule has 1 unspecified atom stereocenters. The number of rotatable bonds is 3. The van der Waals surface area contributed by atoms with Gasteiger partial charge in [-0.25, -0.2) is 4.98 Å². The molecule has 2 aliphatic heterocycles. The van der Waals surface area contributed by atoms with Crippen LogP contribution in [0.25, 0.3) is 0 Å². The summed E-state index contributed by atoms with van der Waals surface area (Å²) in [6, 6.07) is 11.5. The highest BCUT2D eigenvalue weighted by molar-refractivity contribution is 6.10. The van der Waals surface area contributed by atoms with E-state index in [1.54, 1.807) is 18.3 Å². The molecular formula is C22H26N4O2. The highest BCUT2D eigenvalue weighted by atomic mass is 16.2. The van der Waals surface area contributed by atoms with Gasteiger partial charge >= 0.3 is 0 Å². The van der Waals surface area contributed by atoms with E-state index >= 15 is 0 Å². The first-order valence-corrected chi connectivity index (χ1v) is 9.76. The van der Waals surface area contributed by atoms with E-state index in [0.29, 0.717) is 30.9 Å². The Hall–Kier alpha value is -2.89. The first kappa shape index (κ1) is 18.5. The molecule has 1 fully saturated rings. The number of fused-ring (bicyclic) bond motifs is 1. The van der Waals surface area contributed by atoms with Crippen LogP contribution in [0.2, 0.25) is 0 Å². The smallest absolute Gasteiger partial charge is 0.262 e. The largest absolute Gasteiger partial charge is 0.364 e. The van der Waals surface area contributed by atoms with Crippen molar-refractivity contribution in [3.8, 4) is 0 Å². The molecule has 4 rings (SSSR count). The van der Waals surface area contributed by atoms with Gasteiger partial charge in [0.15, 0.2) is 0 Å². The van der Waals surface area contributed by atoms with Gasteiger partial charge < -0.3 is 15.1 Å². The molecule has 1 aromatic carbocycles. The number of anilines is 2. The molecule has 3 heterocycles. The second kappa shape index (κ2) is 6.93. The van der Waals surface area contributed by atoms with Crippen LogP contribution in [-0.2, 0) is 11.2 Å². The number of hydrogen-bond acceptors (Lipinski definition) is 4. The van der Waals surface area contributed by atoms with Crippen LogP contribution in [0.4, 0.5) is 11.5 Å². The van der Waals surface area contributed by atoms with Crippen LogP contribution >= 0.6 is 0 Å². The lowest BCUT2D eigenvalue weighted by Crippen LogP contribution is -2.43. The van der Waals surface area contributed by atoms with Gasteiger partial charge in [-0.3, -0.25) is 9.59 Å². The molecule has 146 valence electrons. The number of aromatic nitrogens is 1. The fourth-order valence-corrected chi connectivity index (χ4v) is 4.03. The molecule has 28 heavy (non-hydrogen) atoms. The molecule has 0 aliphatic carbocycles. The fourth-order valence-electron chi connectivity index (χ4n) is 4.03. The molecule has 2 amide bonds. The van der Waals surface area contributed by atoms with E-state index in [0.717, 1.165) is 12.1 Å². The van der Waals surface area contributed by atoms with Gasteiger partial charge in [0, 0.05) is 36.9 Å². The molecule has 0 bridgehead atoms. The maximum Gasteiger partial charge on any atom is 0.262 e. The first-order chi connectivity index (χ1) is 13.3. The van der Waals surface area contributed by atoms with E-state index < -0.39 is 0 Å². The van der Waals surface area contributed by atoms with E-state index in [4.69, 9.17) is 0 Å². The molecule has 1 saturated heterocycles. The molecule has 1 atom stereocenters. The predicted molar refractivity (Wildman–Crippen MR) is 110 cm³/mol. The maximum absolute atomic E-state index is 13.3. The number of para-hydroxylation sites is 1. The van der Waals surface area contributed by atoms with E-state index in [9.17, 15) is 9.59 Å². The van der Waals surface area contributed by atoms with Crippen molar-refractivity contribution in [3.63, 3.8) is 0 Å². The second-order valence-electron chi connectivity index (χ2n) is 8.46. The Labute approximate surface area is 165 Å². The molecule has 0 radical (unpaired) electrons. The van der Waals surface area contributed by atoms with E-state index in [1.807, 2.05) is 48.8 Å². The number of benzene rings is 1. The summed E-state index contributed by atoms with van der Waals surface area (Å²) in [6.45, 7) is 7.39. The average Bonchev–Trinajstić information content (AvgIpc) is 3.25. The minimum Gasteiger partial charge on any atom is -0.364 e. The molecular weight excluding hydrogens is 352 g/mol. The topological polar surface area (TPSA) is 65.5 Å². The lowest BCUT2D eigenvalue weighted by atomic mass is 10.1. The van der Waals surface area contributed by atoms with Crippen molar-refractivity contribution in [2.24, 2.45) is 0 Å². The van der Waals surface area contributed by atoms with Gasteiger partial charge in [0.05, 0.1) is 11.6 Å². The van der Waals surface area contributed by atoms with Gasteiger partial charge in [-0.2, -0.15) is 0 Å². The summed E-state index contributed by atoms with van der Waals surface area (Å²) < 4.78 is 0. The fraction of sp³-hybridized carbons (Fsp3) is 0.409. The number of carbonyl (C=O) groups excluding carboxylic acids is 2. The highest BCUT2D eigenvalue weighted by Crippen LogP contribution is 2.30. The first-order valence-electron chi connectivity index (χ1n) is 9.76. The molecule has 2 aromatic rings. The number of hydrogen-bond donors (Lipinski definition) is 1. The van der Waals surface area contributed by atoms with Gasteiger partial charge in [0.25, 0.3) is 5.91 Å². The zero-order chi connectivity index (χ0) is 19.9. The number of amides is 2. The lowest BCUT2D eigenvalue weighted by Gasteiger charge is -2.32. The number of nitrogens with one attached hydrogen (secondary N) is 1. The van der Waals surface area contributed by atoms with Gasteiger partial charge in [-0.05, 0) is 51.0 Å². The maximum atomic E-state index is 13.3. The van der Waals surface area contributed by atoms with Crippen molar-refractivity contribution >= 4 is 23.3 Å². The van der Waals surface area contributed by atoms with Crippen molar-refractivity contribution in [2.45, 2.75) is 45.2 Å². The van der Waals surface area contributed by atoms with Crippen molar-refractivity contribution < 1.29 is 9.59 Å². The Balaban J connectivity index is 1.55. The molecule has 0 saturated carbocycles. The molecule has 6 heteroatoms. The summed E-state index contributed by atoms with van der Waals surface area (Å²) >= 11 is 0. The van der Waals surface area contributed by atoms with Crippen molar-refractivity contribution in [1.82, 2.24) is 9.88 Å². The highest BCUT2D eigenvalue weighted by Gasteiger charge is 2.37. The standard InChI is InChI=1S/C22H26N4O2/c1-22(2,3)26-14-16(13-19(26)27)24-20-17(8-6-11-23-20)21(28)25-12-10-15-7-4-5-9-18(15)25/h4-9,11,16H,10,12-14H2,1-3H3,(H,23,24). The van der Waals surface area contributed by atoms with Gasteiger partial charge in [-0.15, -0.1) is 0 Å². The van der Waals surface area contributed by atoms with Gasteiger partial charge in [0.1, 0.15) is 5.82 Å². The summed E-state index contributed by atoms with van der Waals surface area (Å²) in [7, 11) is 0. The summed E-state index contributed by atoms with van der Waals surface area (Å²) in [4.78, 5) is 33.8. The lowest BCUT2D eigenvalue weighted by molar-refractivity contribution is -0.131. The Bertz CT molecular complexity index is 919. The zero-order valence-electron chi connectivity index (χ0n) is 16.6. The van der Waals surface area contributed by atoms with Crippen molar-refractivity contribution in [2.75, 3.05) is 23.3 Å². The Morgan fingerprint density at radius 1 is 1.18 bits per heavy atom. The molecule has 6 nitrogen and oxygen atoms in total. The van der Waals surface area contributed by atoms with Crippen LogP contribution < -0.4 is 10.2 Å². The third-order valence-corrected chi connectivity index (χ3v) is 5.45. The minimum absolute atomic E-state index is 0.0564. The summed E-state index contributed by atoms with van der Waals surface area (Å²) in [6.07, 6.45) is 2.95. The second-order valence-corrected chi connectivity index (χ2v) is 8.46. The Morgan fingerprint density at radius 3 is 2.71 bits per heavy atom. The van der Waals surface area contributed by atoms with E-state index in [-0.39, 0.29) is 23.4 Å². The van der Waals surface area contributed by atoms with Crippen molar-refractivity contribution in [1.29, 1.82) is 0 Å². The van der Waals surface area contributed by atoms with Crippen LogP contribution in [-0.4, -0.2) is 46.4 Å². The normalized spacial score (nSPS) is 19.1. The summed E-state index contributed by atoms with van der Waals surface area (Å²) in [5.74, 6) is 0.616. The average molecular weight is 378 g/mol. The SMILES string of the molecule is CC(C)(C)N1CC(Nc2ncccc2C(=O)N2CCc3ccccc32)CC1=O. The monoisotopic (exact) mass is 378 g/mol. The number of nitrogens with zero attached hydrogens (tertiary/aromatic N) is 3. The Morgan fingerprint density at radius 2 is 1.96 bits per heavy atom. The predicted octanol–water partition coefficient (Wildman–Crippen LogP) is 3.10. The van der Waals surface area contributed by atoms with Crippen LogP contribution in [0.3, 0.4) is 0 Å². The van der Waals surface area contributed by atoms with E-state index in [2.05, 4.69) is 16.4 Å². The Kier molecular flexibility index (Phi) is 4.57. The van der Waals surface area contributed by atoms with Crippen LogP contribution in [0.15, 0.2) is 42.6 Å². The quantitative estimate of drug-likeness (QED) is 0.891. The number of likely N-dealkylation sites (tertiary alicyclic amines) is 1. The number of carbonyl (C=O) groups is 2. The third-order valence-electron chi connectivity index (χ3n) is 5.45. The van der Waals surface area contributed by atoms with Gasteiger partial charge in [-0.1, -0.05) is 18.2 Å². The van der Waals surface area contributed by atoms with E-state index in [1.165, 1.54) is 5.56 Å². The minimum atomic E-state index is -0.213. The summed E-state index contributed by atoms with van der Waals surface area (Å²) in [5.41, 5.74) is 2.49. The van der Waals surface area contributed by atoms with Crippen LogP contribution in [0.1, 0.15) is 43.1 Å². The third kappa shape index (κ3) is 3.35. The molecule has 1 aromatic heterocycles. The molecule has 0 spiro atoms. The molecule has 1 N–H and O–H groups in total. The number of pyridine rings is 1. The van der Waals surface area contributed by atoms with Crippen LogP contribution in [0, 0.1) is 0 Å². The summed E-state index contributed by atoms with van der Waals surface area (Å²) in [5, 5.41) is 3.35.